The molecule has 4 heteroatoms. The summed E-state index contributed by atoms with van der Waals surface area (Å²) in [5, 5.41) is 0.470. The van der Waals surface area contributed by atoms with Gasteiger partial charge in [-0.2, -0.15) is 0 Å². The summed E-state index contributed by atoms with van der Waals surface area (Å²) in [6.07, 6.45) is 4.06. The maximum Gasteiger partial charge on any atom is 0.235 e. The molecule has 4 nitrogen and oxygen atoms in total. The Morgan fingerprint density at radius 1 is 0.900 bits per heavy atom. The number of hydrogen-bond donors (Lipinski definition) is 0. The lowest BCUT2D eigenvalue weighted by Crippen LogP contribution is -2.06. The molecule has 0 atom stereocenters. The molecule has 4 aromatic rings. The molecular weight excluding hydrogens is 376 g/mol. The van der Waals surface area contributed by atoms with Crippen LogP contribution in [0.2, 0.25) is 0 Å². The molecule has 0 radical (unpaired) electrons. The highest BCUT2D eigenvalue weighted by molar-refractivity contribution is 5.79. The van der Waals surface area contributed by atoms with Crippen molar-refractivity contribution in [3.63, 3.8) is 0 Å². The summed E-state index contributed by atoms with van der Waals surface area (Å²) in [6.45, 7) is 2.64. The Hall–Kier alpha value is -3.53. The van der Waals surface area contributed by atoms with Crippen molar-refractivity contribution in [2.45, 2.75) is 26.2 Å². The summed E-state index contributed by atoms with van der Waals surface area (Å²) in [5.74, 6) is 1.54. The number of benzene rings is 3. The number of hydrogen-bond acceptors (Lipinski definition) is 4. The van der Waals surface area contributed by atoms with E-state index in [-0.39, 0.29) is 11.2 Å². The van der Waals surface area contributed by atoms with Crippen LogP contribution in [0.3, 0.4) is 0 Å². The minimum atomic E-state index is -0.196. The van der Waals surface area contributed by atoms with E-state index in [1.807, 2.05) is 49.4 Å². The maximum absolute atomic E-state index is 12.8. The second-order valence-corrected chi connectivity index (χ2v) is 7.09. The molecule has 0 saturated heterocycles. The topological polar surface area (TPSA) is 48.7 Å². The van der Waals surface area contributed by atoms with Crippen LogP contribution in [0, 0.1) is 0 Å². The van der Waals surface area contributed by atoms with Crippen molar-refractivity contribution in [2.24, 2.45) is 0 Å². The molecule has 4 rings (SSSR count). The monoisotopic (exact) mass is 400 g/mol. The highest BCUT2D eigenvalue weighted by Crippen LogP contribution is 2.26. The van der Waals surface area contributed by atoms with Crippen molar-refractivity contribution in [1.29, 1.82) is 0 Å². The zero-order valence-electron chi connectivity index (χ0n) is 17.0. The van der Waals surface area contributed by atoms with Crippen LogP contribution in [0.25, 0.3) is 11.0 Å². The van der Waals surface area contributed by atoms with E-state index >= 15 is 0 Å². The number of para-hydroxylation sites is 1. The summed E-state index contributed by atoms with van der Waals surface area (Å²) < 4.78 is 17.4. The molecule has 0 saturated carbocycles. The van der Waals surface area contributed by atoms with Gasteiger partial charge in [-0.25, -0.2) is 0 Å². The van der Waals surface area contributed by atoms with Crippen molar-refractivity contribution < 1.29 is 13.9 Å². The highest BCUT2D eigenvalue weighted by Gasteiger charge is 2.11. The van der Waals surface area contributed by atoms with Crippen molar-refractivity contribution in [2.75, 3.05) is 6.61 Å². The van der Waals surface area contributed by atoms with Gasteiger partial charge in [-0.05, 0) is 48.6 Å². The standard InChI is InChI=1S/C26H24O4/c1-2-20-12-6-7-13-23(20)30-25-18-29-24-17-21(14-15-22(24)26(25)27)28-16-8-11-19-9-4-3-5-10-19/h3-7,9-10,12-15,17-18H,2,8,11,16H2,1H3. The molecule has 152 valence electrons. The van der Waals surface area contributed by atoms with E-state index < -0.39 is 0 Å². The van der Waals surface area contributed by atoms with Crippen LogP contribution in [0.15, 0.2) is 88.3 Å². The van der Waals surface area contributed by atoms with Crippen LogP contribution in [-0.2, 0) is 12.8 Å². The first kappa shape index (κ1) is 19.8. The number of ether oxygens (including phenoxy) is 2. The van der Waals surface area contributed by atoms with Gasteiger partial charge in [-0.3, -0.25) is 4.79 Å². The lowest BCUT2D eigenvalue weighted by molar-refractivity contribution is 0.311. The van der Waals surface area contributed by atoms with Crippen molar-refractivity contribution >= 4 is 11.0 Å². The van der Waals surface area contributed by atoms with Crippen molar-refractivity contribution in [1.82, 2.24) is 0 Å². The third-order valence-corrected chi connectivity index (χ3v) is 5.01. The molecule has 0 unspecified atom stereocenters. The number of rotatable bonds is 8. The van der Waals surface area contributed by atoms with Crippen LogP contribution in [0.4, 0.5) is 0 Å². The van der Waals surface area contributed by atoms with Crippen LogP contribution < -0.4 is 14.9 Å². The normalized spacial score (nSPS) is 10.8. The Kier molecular flexibility index (Phi) is 6.14. The second kappa shape index (κ2) is 9.31. The molecule has 0 fully saturated rings. The Morgan fingerprint density at radius 3 is 2.53 bits per heavy atom. The van der Waals surface area contributed by atoms with Gasteiger partial charge in [-0.15, -0.1) is 0 Å². The smallest absolute Gasteiger partial charge is 0.235 e. The van der Waals surface area contributed by atoms with Gasteiger partial charge in [0.2, 0.25) is 11.2 Å². The van der Waals surface area contributed by atoms with Gasteiger partial charge < -0.3 is 13.9 Å². The predicted molar refractivity (Wildman–Crippen MR) is 119 cm³/mol. The minimum absolute atomic E-state index is 0.180. The lowest BCUT2D eigenvalue weighted by Gasteiger charge is -2.10. The molecule has 0 spiro atoms. The molecule has 0 amide bonds. The van der Waals surface area contributed by atoms with Gasteiger partial charge in [0, 0.05) is 6.07 Å². The minimum Gasteiger partial charge on any atom is -0.493 e. The average molecular weight is 400 g/mol. The van der Waals surface area contributed by atoms with E-state index in [0.29, 0.717) is 29.1 Å². The van der Waals surface area contributed by atoms with Crippen molar-refractivity contribution in [3.8, 4) is 17.2 Å². The fourth-order valence-corrected chi connectivity index (χ4v) is 3.38. The molecule has 0 aliphatic rings. The molecule has 3 aromatic carbocycles. The number of aryl methyl sites for hydroxylation is 2. The van der Waals surface area contributed by atoms with Gasteiger partial charge in [0.05, 0.1) is 12.0 Å². The molecule has 0 bridgehead atoms. The Balaban J connectivity index is 1.45. The fraction of sp³-hybridized carbons (Fsp3) is 0.192. The summed E-state index contributed by atoms with van der Waals surface area (Å²) in [7, 11) is 0. The van der Waals surface area contributed by atoms with E-state index in [2.05, 4.69) is 12.1 Å². The SMILES string of the molecule is CCc1ccccc1Oc1coc2cc(OCCCc3ccccc3)ccc2c1=O. The molecule has 1 heterocycles. The summed E-state index contributed by atoms with van der Waals surface area (Å²) in [6, 6.07) is 23.3. The Labute approximate surface area is 175 Å². The first-order valence-corrected chi connectivity index (χ1v) is 10.2. The second-order valence-electron chi connectivity index (χ2n) is 7.09. The molecular formula is C26H24O4. The van der Waals surface area contributed by atoms with Crippen LogP contribution in [0.5, 0.6) is 17.2 Å². The Morgan fingerprint density at radius 2 is 1.70 bits per heavy atom. The van der Waals surface area contributed by atoms with Crippen molar-refractivity contribution in [3.05, 3.63) is 100 Å². The predicted octanol–water partition coefficient (Wildman–Crippen LogP) is 6.16. The number of fused-ring (bicyclic) bond motifs is 1. The van der Waals surface area contributed by atoms with Gasteiger partial charge in [0.1, 0.15) is 23.3 Å². The molecule has 0 aliphatic carbocycles. The molecule has 30 heavy (non-hydrogen) atoms. The van der Waals surface area contributed by atoms with Crippen LogP contribution in [-0.4, -0.2) is 6.61 Å². The summed E-state index contributed by atoms with van der Waals surface area (Å²) in [5.41, 5.74) is 2.62. The summed E-state index contributed by atoms with van der Waals surface area (Å²) in [4.78, 5) is 12.8. The first-order valence-electron chi connectivity index (χ1n) is 10.2. The molecule has 0 aliphatic heterocycles. The third-order valence-electron chi connectivity index (χ3n) is 5.01. The van der Waals surface area contributed by atoms with Crippen LogP contribution >= 0.6 is 0 Å². The van der Waals surface area contributed by atoms with E-state index in [4.69, 9.17) is 13.9 Å². The Bertz CT molecular complexity index is 1180. The molecule has 1 aromatic heterocycles. The van der Waals surface area contributed by atoms with Gasteiger partial charge >= 0.3 is 0 Å². The third kappa shape index (κ3) is 4.54. The van der Waals surface area contributed by atoms with E-state index in [1.165, 1.54) is 11.8 Å². The van der Waals surface area contributed by atoms with E-state index in [1.54, 1.807) is 18.2 Å². The average Bonchev–Trinajstić information content (AvgIpc) is 2.79. The largest absolute Gasteiger partial charge is 0.493 e. The molecule has 0 N–H and O–H groups in total. The maximum atomic E-state index is 12.8. The fourth-order valence-electron chi connectivity index (χ4n) is 3.38. The van der Waals surface area contributed by atoms with Gasteiger partial charge in [0.25, 0.3) is 0 Å². The van der Waals surface area contributed by atoms with E-state index in [0.717, 1.165) is 24.8 Å². The van der Waals surface area contributed by atoms with Gasteiger partial charge in [0.15, 0.2) is 0 Å². The first-order chi connectivity index (χ1) is 14.7. The summed E-state index contributed by atoms with van der Waals surface area (Å²) >= 11 is 0. The zero-order chi connectivity index (χ0) is 20.8. The quantitative estimate of drug-likeness (QED) is 0.332. The zero-order valence-corrected chi connectivity index (χ0v) is 17.0. The van der Waals surface area contributed by atoms with Crippen LogP contribution in [0.1, 0.15) is 24.5 Å². The highest BCUT2D eigenvalue weighted by atomic mass is 16.5. The van der Waals surface area contributed by atoms with E-state index in [9.17, 15) is 4.79 Å². The lowest BCUT2D eigenvalue weighted by atomic mass is 10.1. The van der Waals surface area contributed by atoms with Gasteiger partial charge in [-0.1, -0.05) is 55.5 Å².